The monoisotopic (exact) mass is 311 g/mol. The lowest BCUT2D eigenvalue weighted by Crippen LogP contribution is -2.30. The molecule has 5 heteroatoms. The second kappa shape index (κ2) is 7.80. The summed E-state index contributed by atoms with van der Waals surface area (Å²) in [5.74, 6) is 2.40. The van der Waals surface area contributed by atoms with Gasteiger partial charge < -0.3 is 14.8 Å². The number of benzene rings is 1. The molecule has 2 rings (SSSR count). The zero-order valence-electron chi connectivity index (χ0n) is 13.1. The quantitative estimate of drug-likeness (QED) is 0.877. The summed E-state index contributed by atoms with van der Waals surface area (Å²) < 4.78 is 22.5. The van der Waals surface area contributed by atoms with Crippen molar-refractivity contribution in [2.24, 2.45) is 0 Å². The van der Waals surface area contributed by atoms with E-state index in [1.165, 1.54) is 5.56 Å². The first-order valence-corrected chi connectivity index (χ1v) is 9.24. The third kappa shape index (κ3) is 5.00. The molecular weight excluding hydrogens is 286 g/mol. The molecule has 1 aromatic rings. The minimum atomic E-state index is -0.726. The van der Waals surface area contributed by atoms with Crippen LogP contribution in [-0.2, 0) is 10.8 Å². The Morgan fingerprint density at radius 2 is 1.95 bits per heavy atom. The topological polar surface area (TPSA) is 47.6 Å². The molecule has 0 saturated carbocycles. The van der Waals surface area contributed by atoms with Crippen LogP contribution in [0.2, 0.25) is 0 Å². The highest BCUT2D eigenvalue weighted by Crippen LogP contribution is 2.32. The van der Waals surface area contributed by atoms with E-state index in [0.717, 1.165) is 30.1 Å². The molecule has 4 nitrogen and oxygen atoms in total. The van der Waals surface area contributed by atoms with Crippen LogP contribution in [0.25, 0.3) is 0 Å². The molecule has 0 bridgehead atoms. The van der Waals surface area contributed by atoms with Crippen molar-refractivity contribution in [3.63, 3.8) is 0 Å². The average molecular weight is 311 g/mol. The minimum Gasteiger partial charge on any atom is -0.490 e. The van der Waals surface area contributed by atoms with E-state index in [9.17, 15) is 4.21 Å². The molecular formula is C16H25NO3S. The van der Waals surface area contributed by atoms with Crippen molar-refractivity contribution in [1.29, 1.82) is 0 Å². The molecule has 0 amide bonds. The minimum absolute atomic E-state index is 0.224. The van der Waals surface area contributed by atoms with Crippen molar-refractivity contribution < 1.29 is 13.7 Å². The fraction of sp³-hybridized carbons (Fsp3) is 0.625. The third-order valence-corrected chi connectivity index (χ3v) is 4.46. The molecule has 0 saturated heterocycles. The molecule has 1 aromatic carbocycles. The Bertz CT molecular complexity index is 492. The Balaban J connectivity index is 1.97. The van der Waals surface area contributed by atoms with Crippen molar-refractivity contribution in [2.45, 2.75) is 38.8 Å². The summed E-state index contributed by atoms with van der Waals surface area (Å²) in [6.45, 7) is 5.69. The van der Waals surface area contributed by atoms with Gasteiger partial charge in [-0.3, -0.25) is 4.21 Å². The molecule has 0 aromatic heterocycles. The van der Waals surface area contributed by atoms with Gasteiger partial charge >= 0.3 is 0 Å². The number of nitrogens with one attached hydrogen (secondary N) is 1. The number of ether oxygens (including phenoxy) is 2. The van der Waals surface area contributed by atoms with Crippen molar-refractivity contribution in [2.75, 3.05) is 25.2 Å². The summed E-state index contributed by atoms with van der Waals surface area (Å²) in [6, 6.07) is 6.68. The van der Waals surface area contributed by atoms with Crippen LogP contribution in [0.5, 0.6) is 11.5 Å². The Kier molecular flexibility index (Phi) is 6.06. The van der Waals surface area contributed by atoms with Crippen LogP contribution in [0, 0.1) is 0 Å². The van der Waals surface area contributed by atoms with Gasteiger partial charge in [0.1, 0.15) is 0 Å². The average Bonchev–Trinajstić information content (AvgIpc) is 2.69. The van der Waals surface area contributed by atoms with E-state index in [2.05, 4.69) is 31.3 Å². The van der Waals surface area contributed by atoms with Crippen LogP contribution in [0.1, 0.15) is 38.3 Å². The molecule has 0 radical (unpaired) electrons. The number of rotatable bonds is 6. The van der Waals surface area contributed by atoms with Gasteiger partial charge in [0.2, 0.25) is 0 Å². The summed E-state index contributed by atoms with van der Waals surface area (Å²) in [7, 11) is -0.726. The van der Waals surface area contributed by atoms with Crippen molar-refractivity contribution in [3.05, 3.63) is 23.8 Å². The van der Waals surface area contributed by atoms with Gasteiger partial charge in [0.25, 0.3) is 0 Å². The van der Waals surface area contributed by atoms with Crippen molar-refractivity contribution in [3.8, 4) is 11.5 Å². The van der Waals surface area contributed by atoms with Crippen LogP contribution < -0.4 is 14.8 Å². The summed E-state index contributed by atoms with van der Waals surface area (Å²) in [5.41, 5.74) is 1.18. The number of hydrogen-bond acceptors (Lipinski definition) is 4. The van der Waals surface area contributed by atoms with Crippen LogP contribution in [0.15, 0.2) is 18.2 Å². The summed E-state index contributed by atoms with van der Waals surface area (Å²) in [4.78, 5) is 0. The molecule has 0 aliphatic carbocycles. The smallest absolute Gasteiger partial charge is 0.161 e. The molecule has 3 unspecified atom stereocenters. The predicted molar refractivity (Wildman–Crippen MR) is 86.6 cm³/mol. The van der Waals surface area contributed by atoms with Gasteiger partial charge in [0.05, 0.1) is 13.2 Å². The molecule has 1 N–H and O–H groups in total. The van der Waals surface area contributed by atoms with Gasteiger partial charge in [-0.05, 0) is 38.0 Å². The highest BCUT2D eigenvalue weighted by atomic mass is 32.2. The first kappa shape index (κ1) is 16.3. The van der Waals surface area contributed by atoms with Gasteiger partial charge in [-0.1, -0.05) is 6.07 Å². The highest BCUT2D eigenvalue weighted by Gasteiger charge is 2.15. The lowest BCUT2D eigenvalue weighted by atomic mass is 10.1. The van der Waals surface area contributed by atoms with Gasteiger partial charge in [0.15, 0.2) is 11.5 Å². The molecule has 118 valence electrons. The fourth-order valence-corrected chi connectivity index (χ4v) is 3.08. The lowest BCUT2D eigenvalue weighted by Gasteiger charge is -2.21. The molecule has 0 fully saturated rings. The maximum atomic E-state index is 11.1. The summed E-state index contributed by atoms with van der Waals surface area (Å²) in [5, 5.41) is 3.54. The van der Waals surface area contributed by atoms with Crippen molar-refractivity contribution >= 4 is 10.8 Å². The van der Waals surface area contributed by atoms with E-state index in [1.54, 1.807) is 6.26 Å². The van der Waals surface area contributed by atoms with E-state index >= 15 is 0 Å². The van der Waals surface area contributed by atoms with Crippen LogP contribution in [0.3, 0.4) is 0 Å². The fourth-order valence-electron chi connectivity index (χ4n) is 2.40. The highest BCUT2D eigenvalue weighted by molar-refractivity contribution is 7.84. The zero-order chi connectivity index (χ0) is 15.2. The Hall–Kier alpha value is -1.07. The predicted octanol–water partition coefficient (Wildman–Crippen LogP) is 2.66. The van der Waals surface area contributed by atoms with Gasteiger partial charge in [-0.25, -0.2) is 0 Å². The Labute approximate surface area is 129 Å². The summed E-state index contributed by atoms with van der Waals surface area (Å²) >= 11 is 0. The molecule has 0 spiro atoms. The molecule has 1 heterocycles. The van der Waals surface area contributed by atoms with Crippen LogP contribution >= 0.6 is 0 Å². The molecule has 3 atom stereocenters. The second-order valence-corrected chi connectivity index (χ2v) is 7.17. The zero-order valence-corrected chi connectivity index (χ0v) is 13.9. The second-order valence-electron chi connectivity index (χ2n) is 5.61. The third-order valence-electron chi connectivity index (χ3n) is 3.64. The Morgan fingerprint density at radius 1 is 1.24 bits per heavy atom. The first-order valence-electron chi connectivity index (χ1n) is 7.52. The van der Waals surface area contributed by atoms with E-state index < -0.39 is 10.8 Å². The van der Waals surface area contributed by atoms with Crippen molar-refractivity contribution in [1.82, 2.24) is 5.32 Å². The molecule has 21 heavy (non-hydrogen) atoms. The SMILES string of the molecule is CC(CCS(C)=O)NC(C)c1ccc2c(c1)OCCCO2. The van der Waals surface area contributed by atoms with E-state index in [0.29, 0.717) is 19.3 Å². The van der Waals surface area contributed by atoms with Gasteiger partial charge in [-0.15, -0.1) is 0 Å². The molecule has 1 aliphatic heterocycles. The molecule has 1 aliphatic rings. The van der Waals surface area contributed by atoms with Crippen LogP contribution in [-0.4, -0.2) is 35.5 Å². The maximum absolute atomic E-state index is 11.1. The summed E-state index contributed by atoms with van der Waals surface area (Å²) in [6.07, 6.45) is 3.58. The lowest BCUT2D eigenvalue weighted by molar-refractivity contribution is 0.297. The van der Waals surface area contributed by atoms with Crippen LogP contribution in [0.4, 0.5) is 0 Å². The van der Waals surface area contributed by atoms with E-state index in [-0.39, 0.29) is 6.04 Å². The standard InChI is InChI=1S/C16H25NO3S/c1-12(7-10-21(3)18)17-13(2)14-5-6-15-16(11-14)20-9-4-8-19-15/h5-6,11-13,17H,4,7-10H2,1-3H3. The largest absolute Gasteiger partial charge is 0.490 e. The number of hydrogen-bond donors (Lipinski definition) is 1. The first-order chi connectivity index (χ1) is 10.1. The van der Waals surface area contributed by atoms with Gasteiger partial charge in [-0.2, -0.15) is 0 Å². The normalized spacial score (nSPS) is 18.6. The number of fused-ring (bicyclic) bond motifs is 1. The van der Waals surface area contributed by atoms with E-state index in [1.807, 2.05) is 6.07 Å². The van der Waals surface area contributed by atoms with Gasteiger partial charge in [0, 0.05) is 41.3 Å². The maximum Gasteiger partial charge on any atom is 0.161 e. The Morgan fingerprint density at radius 3 is 2.67 bits per heavy atom. The van der Waals surface area contributed by atoms with E-state index in [4.69, 9.17) is 9.47 Å².